The van der Waals surface area contributed by atoms with E-state index in [0.29, 0.717) is 22.4 Å². The zero-order valence-electron chi connectivity index (χ0n) is 11.8. The van der Waals surface area contributed by atoms with Crippen LogP contribution in [-0.4, -0.2) is 28.0 Å². The Labute approximate surface area is 126 Å². The maximum atomic E-state index is 11.8. The average Bonchev–Trinajstić information content (AvgIpc) is 2.99. The number of carbonyl (C=O) groups excluding carboxylic acids is 1. The molecule has 2 aromatic heterocycles. The van der Waals surface area contributed by atoms with Gasteiger partial charge < -0.3 is 15.0 Å². The van der Waals surface area contributed by atoms with Crippen molar-refractivity contribution in [3.63, 3.8) is 0 Å². The lowest BCUT2D eigenvalue weighted by Gasteiger charge is -2.08. The highest BCUT2D eigenvalue weighted by Gasteiger charge is 2.17. The van der Waals surface area contributed by atoms with Gasteiger partial charge in [-0.05, 0) is 18.2 Å². The van der Waals surface area contributed by atoms with E-state index in [2.05, 4.69) is 26.2 Å². The molecule has 2 N–H and O–H groups in total. The number of carbonyl (C=O) groups is 1. The van der Waals surface area contributed by atoms with E-state index in [4.69, 9.17) is 11.2 Å². The molecule has 6 heteroatoms. The summed E-state index contributed by atoms with van der Waals surface area (Å²) in [5, 5.41) is 3.72. The number of methoxy groups -OCH3 is 1. The quantitative estimate of drug-likeness (QED) is 0.572. The Morgan fingerprint density at radius 1 is 1.41 bits per heavy atom. The van der Waals surface area contributed by atoms with Gasteiger partial charge in [-0.15, -0.1) is 6.42 Å². The summed E-state index contributed by atoms with van der Waals surface area (Å²) in [5.41, 5.74) is 2.43. The van der Waals surface area contributed by atoms with E-state index in [-0.39, 0.29) is 0 Å². The molecule has 0 saturated heterocycles. The van der Waals surface area contributed by atoms with Gasteiger partial charge in [-0.25, -0.2) is 14.8 Å². The van der Waals surface area contributed by atoms with E-state index < -0.39 is 5.97 Å². The van der Waals surface area contributed by atoms with Gasteiger partial charge in [0.2, 0.25) is 0 Å². The van der Waals surface area contributed by atoms with Crippen molar-refractivity contribution in [1.29, 1.82) is 0 Å². The Bertz CT molecular complexity index is 893. The van der Waals surface area contributed by atoms with E-state index in [1.165, 1.54) is 13.4 Å². The SMILES string of the molecule is C#Cc1cccc(Nc2ncnc3[nH]cc(C(=O)OC)c23)c1. The standard InChI is InChI=1S/C16H12N4O2/c1-3-10-5-4-6-11(7-10)20-15-13-12(16(21)22-2)8-17-14(13)18-9-19-15/h1,4-9H,2H3,(H2,17,18,19,20). The molecule has 0 bridgehead atoms. The first kappa shape index (κ1) is 13.6. The van der Waals surface area contributed by atoms with Crippen molar-refractivity contribution < 1.29 is 9.53 Å². The van der Waals surface area contributed by atoms with Crippen LogP contribution < -0.4 is 5.32 Å². The van der Waals surface area contributed by atoms with Gasteiger partial charge >= 0.3 is 5.97 Å². The molecule has 0 aliphatic rings. The molecule has 3 rings (SSSR count). The molecule has 0 spiro atoms. The minimum absolute atomic E-state index is 0.369. The van der Waals surface area contributed by atoms with Crippen molar-refractivity contribution in [2.45, 2.75) is 0 Å². The maximum Gasteiger partial charge on any atom is 0.340 e. The number of H-pyrrole nitrogens is 1. The number of anilines is 2. The number of nitrogens with zero attached hydrogens (tertiary/aromatic N) is 2. The molecule has 0 amide bonds. The summed E-state index contributed by atoms with van der Waals surface area (Å²) >= 11 is 0. The summed E-state index contributed by atoms with van der Waals surface area (Å²) in [6.45, 7) is 0. The van der Waals surface area contributed by atoms with Crippen molar-refractivity contribution in [1.82, 2.24) is 15.0 Å². The van der Waals surface area contributed by atoms with Crippen LogP contribution >= 0.6 is 0 Å². The minimum atomic E-state index is -0.457. The number of hydrogen-bond donors (Lipinski definition) is 2. The number of fused-ring (bicyclic) bond motifs is 1. The highest BCUT2D eigenvalue weighted by atomic mass is 16.5. The second-order valence-electron chi connectivity index (χ2n) is 4.49. The Balaban J connectivity index is 2.08. The van der Waals surface area contributed by atoms with Gasteiger partial charge in [-0.3, -0.25) is 0 Å². The predicted molar refractivity (Wildman–Crippen MR) is 82.9 cm³/mol. The highest BCUT2D eigenvalue weighted by Crippen LogP contribution is 2.26. The number of nitrogens with one attached hydrogen (secondary N) is 2. The largest absolute Gasteiger partial charge is 0.465 e. The van der Waals surface area contributed by atoms with Gasteiger partial charge in [0.1, 0.15) is 17.8 Å². The first-order chi connectivity index (χ1) is 10.7. The monoisotopic (exact) mass is 292 g/mol. The van der Waals surface area contributed by atoms with Crippen LogP contribution in [0.3, 0.4) is 0 Å². The first-order valence-electron chi connectivity index (χ1n) is 6.47. The Kier molecular flexibility index (Phi) is 3.46. The molecule has 108 valence electrons. The third-order valence-corrected chi connectivity index (χ3v) is 3.17. The molecule has 0 aliphatic carbocycles. The van der Waals surface area contributed by atoms with Crippen molar-refractivity contribution in [2.24, 2.45) is 0 Å². The van der Waals surface area contributed by atoms with E-state index >= 15 is 0 Å². The van der Waals surface area contributed by atoms with Crippen LogP contribution in [0, 0.1) is 12.3 Å². The number of aromatic nitrogens is 3. The summed E-state index contributed by atoms with van der Waals surface area (Å²) in [4.78, 5) is 23.1. The van der Waals surface area contributed by atoms with Crippen LogP contribution in [-0.2, 0) is 4.74 Å². The fourth-order valence-electron chi connectivity index (χ4n) is 2.15. The second-order valence-corrected chi connectivity index (χ2v) is 4.49. The topological polar surface area (TPSA) is 79.9 Å². The smallest absolute Gasteiger partial charge is 0.340 e. The lowest BCUT2D eigenvalue weighted by Crippen LogP contribution is -2.02. The summed E-state index contributed by atoms with van der Waals surface area (Å²) in [5.74, 6) is 2.61. The number of benzene rings is 1. The normalized spacial score (nSPS) is 10.2. The van der Waals surface area contributed by atoms with Crippen LogP contribution in [0.15, 0.2) is 36.8 Å². The molecule has 0 saturated carbocycles. The second kappa shape index (κ2) is 5.58. The summed E-state index contributed by atoms with van der Waals surface area (Å²) in [6, 6.07) is 7.35. The molecule has 6 nitrogen and oxygen atoms in total. The van der Waals surface area contributed by atoms with Gasteiger partial charge in [0.25, 0.3) is 0 Å². The van der Waals surface area contributed by atoms with Gasteiger partial charge in [0.05, 0.1) is 18.1 Å². The van der Waals surface area contributed by atoms with E-state index in [1.54, 1.807) is 6.20 Å². The molecule has 1 aromatic carbocycles. The molecule has 2 heterocycles. The summed E-state index contributed by atoms with van der Waals surface area (Å²) in [6.07, 6.45) is 8.36. The van der Waals surface area contributed by atoms with E-state index in [1.807, 2.05) is 24.3 Å². The summed E-state index contributed by atoms with van der Waals surface area (Å²) in [7, 11) is 1.33. The van der Waals surface area contributed by atoms with Crippen LogP contribution in [0.25, 0.3) is 11.0 Å². The first-order valence-corrected chi connectivity index (χ1v) is 6.47. The van der Waals surface area contributed by atoms with Crippen LogP contribution in [0.2, 0.25) is 0 Å². The third-order valence-electron chi connectivity index (χ3n) is 3.17. The number of rotatable bonds is 3. The molecule has 0 atom stereocenters. The molecule has 22 heavy (non-hydrogen) atoms. The number of aromatic amines is 1. The van der Waals surface area contributed by atoms with Crippen LogP contribution in [0.4, 0.5) is 11.5 Å². The number of esters is 1. The Morgan fingerprint density at radius 2 is 2.27 bits per heavy atom. The number of terminal acetylenes is 1. The van der Waals surface area contributed by atoms with E-state index in [9.17, 15) is 4.79 Å². The van der Waals surface area contributed by atoms with Crippen molar-refractivity contribution in [3.8, 4) is 12.3 Å². The van der Waals surface area contributed by atoms with Crippen LogP contribution in [0.5, 0.6) is 0 Å². The molecule has 0 fully saturated rings. The Morgan fingerprint density at radius 3 is 3.05 bits per heavy atom. The molecule has 3 aromatic rings. The Hall–Kier alpha value is -3.33. The zero-order valence-corrected chi connectivity index (χ0v) is 11.8. The van der Waals surface area contributed by atoms with Crippen molar-refractivity contribution in [3.05, 3.63) is 47.9 Å². The number of ether oxygens (including phenoxy) is 1. The molecule has 0 aliphatic heterocycles. The summed E-state index contributed by atoms with van der Waals surface area (Å²) < 4.78 is 4.78. The number of hydrogen-bond acceptors (Lipinski definition) is 5. The van der Waals surface area contributed by atoms with Gasteiger partial charge in [-0.1, -0.05) is 12.0 Å². The molecular formula is C16H12N4O2. The van der Waals surface area contributed by atoms with Gasteiger partial charge in [0, 0.05) is 17.4 Å². The maximum absolute atomic E-state index is 11.8. The minimum Gasteiger partial charge on any atom is -0.465 e. The van der Waals surface area contributed by atoms with Crippen molar-refractivity contribution in [2.75, 3.05) is 12.4 Å². The third kappa shape index (κ3) is 2.36. The average molecular weight is 292 g/mol. The van der Waals surface area contributed by atoms with Crippen LogP contribution in [0.1, 0.15) is 15.9 Å². The zero-order chi connectivity index (χ0) is 15.5. The molecule has 0 radical (unpaired) electrons. The van der Waals surface area contributed by atoms with Gasteiger partial charge in [0.15, 0.2) is 0 Å². The van der Waals surface area contributed by atoms with Crippen molar-refractivity contribution >= 4 is 28.5 Å². The fraction of sp³-hybridized carbons (Fsp3) is 0.0625. The lowest BCUT2D eigenvalue weighted by molar-refractivity contribution is 0.0603. The lowest BCUT2D eigenvalue weighted by atomic mass is 10.2. The fourth-order valence-corrected chi connectivity index (χ4v) is 2.15. The molecule has 0 unspecified atom stereocenters. The predicted octanol–water partition coefficient (Wildman–Crippen LogP) is 2.47. The highest BCUT2D eigenvalue weighted by molar-refractivity contribution is 6.07. The van der Waals surface area contributed by atoms with E-state index in [0.717, 1.165) is 11.3 Å². The molecular weight excluding hydrogens is 280 g/mol. The van der Waals surface area contributed by atoms with Gasteiger partial charge in [-0.2, -0.15) is 0 Å².